The summed E-state index contributed by atoms with van der Waals surface area (Å²) in [5, 5.41) is 12.1. The van der Waals surface area contributed by atoms with Gasteiger partial charge in [0.1, 0.15) is 5.01 Å². The van der Waals surface area contributed by atoms with Crippen LogP contribution in [0.3, 0.4) is 0 Å². The van der Waals surface area contributed by atoms with Crippen molar-refractivity contribution in [1.82, 2.24) is 10.2 Å². The molecule has 0 bridgehead atoms. The van der Waals surface area contributed by atoms with E-state index >= 15 is 0 Å². The van der Waals surface area contributed by atoms with Gasteiger partial charge in [-0.1, -0.05) is 41.7 Å². The number of carbonyl (C=O) groups excluding carboxylic acids is 2. The summed E-state index contributed by atoms with van der Waals surface area (Å²) in [5.41, 5.74) is 1.52. The molecule has 0 saturated carbocycles. The molecule has 150 valence electrons. The first kappa shape index (κ1) is 20.5. The van der Waals surface area contributed by atoms with E-state index in [1.807, 2.05) is 30.3 Å². The van der Waals surface area contributed by atoms with Gasteiger partial charge in [0, 0.05) is 17.5 Å². The van der Waals surface area contributed by atoms with Crippen LogP contribution in [-0.4, -0.2) is 35.6 Å². The van der Waals surface area contributed by atoms with Gasteiger partial charge < -0.3 is 14.8 Å². The number of hydrogen-bond acceptors (Lipinski definition) is 7. The molecule has 2 aromatic carbocycles. The van der Waals surface area contributed by atoms with E-state index in [4.69, 9.17) is 9.47 Å². The zero-order valence-corrected chi connectivity index (χ0v) is 17.0. The van der Waals surface area contributed by atoms with E-state index in [9.17, 15) is 9.59 Å². The van der Waals surface area contributed by atoms with Crippen LogP contribution in [-0.2, 0) is 4.79 Å². The molecule has 0 atom stereocenters. The second-order valence-corrected chi connectivity index (χ2v) is 7.18. The lowest BCUT2D eigenvalue weighted by Gasteiger charge is -2.11. The van der Waals surface area contributed by atoms with Crippen LogP contribution in [0.1, 0.15) is 30.1 Å². The molecule has 0 aliphatic heterocycles. The smallest absolute Gasteiger partial charge is 0.226 e. The standard InChI is InChI=1S/C21H21N3O4S/c1-14(25)16-10-11-17(18(13-16)27-2)28-12-6-9-19(26)22-21-24-23-20(29-21)15-7-4-3-5-8-15/h3-5,7-8,10-11,13H,6,9,12H2,1-2H3,(H,22,24,26). The van der Waals surface area contributed by atoms with Crippen LogP contribution >= 0.6 is 11.3 Å². The van der Waals surface area contributed by atoms with Crippen LogP contribution in [0.25, 0.3) is 10.6 Å². The lowest BCUT2D eigenvalue weighted by atomic mass is 10.1. The number of hydrogen-bond donors (Lipinski definition) is 1. The average molecular weight is 411 g/mol. The number of ether oxygens (including phenoxy) is 2. The molecular weight excluding hydrogens is 390 g/mol. The van der Waals surface area contributed by atoms with Crippen molar-refractivity contribution >= 4 is 28.2 Å². The third-order valence-corrected chi connectivity index (χ3v) is 4.96. The Morgan fingerprint density at radius 3 is 2.59 bits per heavy atom. The molecule has 8 heteroatoms. The predicted octanol–water partition coefficient (Wildman–Crippen LogP) is 4.21. The molecule has 7 nitrogen and oxygen atoms in total. The molecule has 0 unspecified atom stereocenters. The van der Waals surface area contributed by atoms with Crippen LogP contribution in [0.2, 0.25) is 0 Å². The zero-order chi connectivity index (χ0) is 20.6. The first-order chi connectivity index (χ1) is 14.1. The molecule has 1 aromatic heterocycles. The Balaban J connectivity index is 1.46. The van der Waals surface area contributed by atoms with E-state index < -0.39 is 0 Å². The molecular formula is C21H21N3O4S. The molecule has 1 heterocycles. The average Bonchev–Trinajstić information content (AvgIpc) is 3.20. The number of methoxy groups -OCH3 is 1. The minimum absolute atomic E-state index is 0.0429. The zero-order valence-electron chi connectivity index (χ0n) is 16.2. The maximum atomic E-state index is 12.1. The third kappa shape index (κ3) is 5.61. The van der Waals surface area contributed by atoms with Gasteiger partial charge in [-0.25, -0.2) is 0 Å². The summed E-state index contributed by atoms with van der Waals surface area (Å²) >= 11 is 1.33. The third-order valence-electron chi connectivity index (χ3n) is 4.07. The highest BCUT2D eigenvalue weighted by atomic mass is 32.1. The molecule has 0 aliphatic rings. The molecule has 0 aliphatic carbocycles. The Morgan fingerprint density at radius 1 is 1.07 bits per heavy atom. The highest BCUT2D eigenvalue weighted by Crippen LogP contribution is 2.29. The monoisotopic (exact) mass is 411 g/mol. The van der Waals surface area contributed by atoms with Gasteiger partial charge >= 0.3 is 0 Å². The van der Waals surface area contributed by atoms with E-state index in [-0.39, 0.29) is 18.1 Å². The van der Waals surface area contributed by atoms with Crippen molar-refractivity contribution in [1.29, 1.82) is 0 Å². The van der Waals surface area contributed by atoms with Crippen LogP contribution in [0.5, 0.6) is 11.5 Å². The molecule has 0 saturated heterocycles. The maximum absolute atomic E-state index is 12.1. The van der Waals surface area contributed by atoms with Gasteiger partial charge in [0.05, 0.1) is 13.7 Å². The predicted molar refractivity (Wildman–Crippen MR) is 112 cm³/mol. The van der Waals surface area contributed by atoms with E-state index in [2.05, 4.69) is 15.5 Å². The number of amides is 1. The molecule has 0 radical (unpaired) electrons. The quantitative estimate of drug-likeness (QED) is 0.419. The van der Waals surface area contributed by atoms with E-state index in [1.165, 1.54) is 25.4 Å². The Hall–Kier alpha value is -3.26. The number of nitrogens with one attached hydrogen (secondary N) is 1. The summed E-state index contributed by atoms with van der Waals surface area (Å²) in [6.07, 6.45) is 0.807. The normalized spacial score (nSPS) is 10.4. The van der Waals surface area contributed by atoms with Crippen molar-refractivity contribution < 1.29 is 19.1 Å². The van der Waals surface area contributed by atoms with Crippen LogP contribution in [0, 0.1) is 0 Å². The number of nitrogens with zero attached hydrogens (tertiary/aromatic N) is 2. The van der Waals surface area contributed by atoms with Gasteiger partial charge in [0.25, 0.3) is 0 Å². The first-order valence-electron chi connectivity index (χ1n) is 9.07. The van der Waals surface area contributed by atoms with Crippen molar-refractivity contribution in [2.24, 2.45) is 0 Å². The summed E-state index contributed by atoms with van der Waals surface area (Å²) in [6, 6.07) is 14.7. The lowest BCUT2D eigenvalue weighted by molar-refractivity contribution is -0.116. The molecule has 1 N–H and O–H groups in total. The Morgan fingerprint density at radius 2 is 1.86 bits per heavy atom. The minimum Gasteiger partial charge on any atom is -0.493 e. The fourth-order valence-electron chi connectivity index (χ4n) is 2.57. The molecule has 3 aromatic rings. The van der Waals surface area contributed by atoms with Crippen molar-refractivity contribution in [3.63, 3.8) is 0 Å². The molecule has 29 heavy (non-hydrogen) atoms. The van der Waals surface area contributed by atoms with Gasteiger partial charge in [0.2, 0.25) is 11.0 Å². The fourth-order valence-corrected chi connectivity index (χ4v) is 3.34. The van der Waals surface area contributed by atoms with Crippen LogP contribution in [0.15, 0.2) is 48.5 Å². The topological polar surface area (TPSA) is 90.4 Å². The number of ketones is 1. The van der Waals surface area contributed by atoms with E-state index in [0.717, 1.165) is 10.6 Å². The number of benzene rings is 2. The van der Waals surface area contributed by atoms with Gasteiger partial charge in [0.15, 0.2) is 17.3 Å². The second-order valence-electron chi connectivity index (χ2n) is 6.20. The number of aromatic nitrogens is 2. The molecule has 1 amide bonds. The minimum atomic E-state index is -0.150. The number of anilines is 1. The summed E-state index contributed by atoms with van der Waals surface area (Å²) in [5.74, 6) is 0.834. The van der Waals surface area contributed by atoms with Gasteiger partial charge in [-0.15, -0.1) is 10.2 Å². The summed E-state index contributed by atoms with van der Waals surface area (Å²) < 4.78 is 10.9. The number of rotatable bonds is 9. The highest BCUT2D eigenvalue weighted by molar-refractivity contribution is 7.18. The summed E-state index contributed by atoms with van der Waals surface area (Å²) in [7, 11) is 1.52. The maximum Gasteiger partial charge on any atom is 0.226 e. The summed E-state index contributed by atoms with van der Waals surface area (Å²) in [4.78, 5) is 23.6. The largest absolute Gasteiger partial charge is 0.493 e. The van der Waals surface area contributed by atoms with Crippen molar-refractivity contribution in [3.05, 3.63) is 54.1 Å². The second kappa shape index (κ2) is 9.79. The van der Waals surface area contributed by atoms with E-state index in [1.54, 1.807) is 18.2 Å². The highest BCUT2D eigenvalue weighted by Gasteiger charge is 2.11. The van der Waals surface area contributed by atoms with Crippen molar-refractivity contribution in [2.45, 2.75) is 19.8 Å². The van der Waals surface area contributed by atoms with E-state index in [0.29, 0.717) is 35.2 Å². The Kier molecular flexibility index (Phi) is 6.91. The lowest BCUT2D eigenvalue weighted by Crippen LogP contribution is -2.12. The van der Waals surface area contributed by atoms with Crippen molar-refractivity contribution in [2.75, 3.05) is 19.0 Å². The number of carbonyl (C=O) groups is 2. The SMILES string of the molecule is COc1cc(C(C)=O)ccc1OCCCC(=O)Nc1nnc(-c2ccccc2)s1. The molecule has 3 rings (SSSR count). The van der Waals surface area contributed by atoms with Crippen LogP contribution < -0.4 is 14.8 Å². The Labute approximate surface area is 172 Å². The van der Waals surface area contributed by atoms with Crippen molar-refractivity contribution in [3.8, 4) is 22.1 Å². The molecule has 0 spiro atoms. The first-order valence-corrected chi connectivity index (χ1v) is 9.89. The van der Waals surface area contributed by atoms with Gasteiger partial charge in [-0.05, 0) is 31.5 Å². The fraction of sp³-hybridized carbons (Fsp3) is 0.238. The number of Topliss-reactive ketones (excluding diaryl/α,β-unsaturated/α-hetero) is 1. The van der Waals surface area contributed by atoms with Gasteiger partial charge in [-0.3, -0.25) is 9.59 Å². The van der Waals surface area contributed by atoms with Gasteiger partial charge in [-0.2, -0.15) is 0 Å². The van der Waals surface area contributed by atoms with Crippen LogP contribution in [0.4, 0.5) is 5.13 Å². The molecule has 0 fully saturated rings. The Bertz CT molecular complexity index is 989. The summed E-state index contributed by atoms with van der Waals surface area (Å²) in [6.45, 7) is 1.84.